The van der Waals surface area contributed by atoms with Crippen molar-refractivity contribution in [3.05, 3.63) is 35.4 Å². The number of carboxylic acids is 1. The molecule has 0 unspecified atom stereocenters. The van der Waals surface area contributed by atoms with Gasteiger partial charge in [-0.1, -0.05) is 26.0 Å². The van der Waals surface area contributed by atoms with E-state index in [4.69, 9.17) is 5.11 Å². The molecule has 0 aliphatic heterocycles. The minimum absolute atomic E-state index is 0.207. The van der Waals surface area contributed by atoms with Crippen LogP contribution in [0.3, 0.4) is 0 Å². The van der Waals surface area contributed by atoms with Gasteiger partial charge in [0.15, 0.2) is 0 Å². The summed E-state index contributed by atoms with van der Waals surface area (Å²) in [6.07, 6.45) is 2.36. The second-order valence-corrected chi connectivity index (χ2v) is 7.39. The van der Waals surface area contributed by atoms with Crippen LogP contribution in [0.15, 0.2) is 29.2 Å². The van der Waals surface area contributed by atoms with E-state index < -0.39 is 16.0 Å². The van der Waals surface area contributed by atoms with E-state index in [0.717, 1.165) is 6.08 Å². The number of rotatable bonds is 6. The maximum Gasteiger partial charge on any atom is 0.328 e. The number of benzene rings is 1. The molecule has 1 aromatic carbocycles. The lowest BCUT2D eigenvalue weighted by molar-refractivity contribution is -0.131. The molecular weight excluding hydrogens is 290 g/mol. The summed E-state index contributed by atoms with van der Waals surface area (Å²) in [4.78, 5) is 10.7. The van der Waals surface area contributed by atoms with Crippen LogP contribution in [0.25, 0.3) is 6.08 Å². The average Bonchev–Trinajstić information content (AvgIpc) is 2.36. The number of carboxylic acid groups (broad SMARTS) is 1. The molecule has 116 valence electrons. The fraction of sp³-hybridized carbons (Fsp3) is 0.400. The molecule has 0 atom stereocenters. The predicted octanol–water partition coefficient (Wildman–Crippen LogP) is 2.37. The Kier molecular flexibility index (Phi) is 5.69. The van der Waals surface area contributed by atoms with E-state index in [2.05, 4.69) is 0 Å². The van der Waals surface area contributed by atoms with Crippen LogP contribution in [-0.4, -0.2) is 37.4 Å². The van der Waals surface area contributed by atoms with Gasteiger partial charge in [-0.15, -0.1) is 0 Å². The lowest BCUT2D eigenvalue weighted by atomic mass is 10.1. The summed E-state index contributed by atoms with van der Waals surface area (Å²) in [6.45, 7) is 6.05. The third kappa shape index (κ3) is 4.68. The second-order valence-electron chi connectivity index (χ2n) is 5.38. The van der Waals surface area contributed by atoms with Crippen molar-refractivity contribution < 1.29 is 18.3 Å². The molecule has 0 fully saturated rings. The van der Waals surface area contributed by atoms with E-state index >= 15 is 0 Å². The van der Waals surface area contributed by atoms with Crippen LogP contribution in [0.1, 0.15) is 25.0 Å². The standard InChI is InChI=1S/C15H21NO4S/c1-11(2)10-16(4)21(19,20)14-9-13(6-5-12(14)3)7-8-15(17)18/h5-9,11H,10H2,1-4H3,(H,17,18). The first kappa shape index (κ1) is 17.4. The number of hydrogen-bond acceptors (Lipinski definition) is 3. The SMILES string of the molecule is Cc1ccc(C=CC(=O)O)cc1S(=O)(=O)N(C)CC(C)C. The summed E-state index contributed by atoms with van der Waals surface area (Å²) in [5.74, 6) is -0.850. The van der Waals surface area contributed by atoms with Gasteiger partial charge in [-0.25, -0.2) is 17.5 Å². The Labute approximate surface area is 126 Å². The first-order chi connectivity index (χ1) is 9.64. The predicted molar refractivity (Wildman–Crippen MR) is 82.5 cm³/mol. The van der Waals surface area contributed by atoms with E-state index in [-0.39, 0.29) is 10.8 Å². The molecule has 0 radical (unpaired) electrons. The number of sulfonamides is 1. The number of hydrogen-bond donors (Lipinski definition) is 1. The Bertz CT molecular complexity index is 648. The van der Waals surface area contributed by atoms with Crippen molar-refractivity contribution >= 4 is 22.1 Å². The molecule has 0 heterocycles. The molecule has 1 rings (SSSR count). The van der Waals surface area contributed by atoms with Crippen LogP contribution >= 0.6 is 0 Å². The molecule has 0 aliphatic carbocycles. The van der Waals surface area contributed by atoms with E-state index in [1.165, 1.54) is 16.4 Å². The van der Waals surface area contributed by atoms with Crippen molar-refractivity contribution in [2.24, 2.45) is 5.92 Å². The summed E-state index contributed by atoms with van der Waals surface area (Å²) in [5, 5.41) is 8.63. The van der Waals surface area contributed by atoms with Gasteiger partial charge >= 0.3 is 5.97 Å². The van der Waals surface area contributed by atoms with Gasteiger partial charge in [-0.3, -0.25) is 0 Å². The van der Waals surface area contributed by atoms with Crippen molar-refractivity contribution in [2.45, 2.75) is 25.7 Å². The molecule has 6 heteroatoms. The van der Waals surface area contributed by atoms with E-state index in [1.54, 1.807) is 26.1 Å². The van der Waals surface area contributed by atoms with Crippen LogP contribution < -0.4 is 0 Å². The normalized spacial score (nSPS) is 12.5. The van der Waals surface area contributed by atoms with Gasteiger partial charge in [0.25, 0.3) is 0 Å². The maximum atomic E-state index is 12.6. The Balaban J connectivity index is 3.22. The zero-order chi connectivity index (χ0) is 16.2. The van der Waals surface area contributed by atoms with Gasteiger partial charge in [0, 0.05) is 19.7 Å². The molecular formula is C15H21NO4S. The summed E-state index contributed by atoms with van der Waals surface area (Å²) in [6, 6.07) is 4.87. The smallest absolute Gasteiger partial charge is 0.328 e. The van der Waals surface area contributed by atoms with E-state index in [0.29, 0.717) is 17.7 Å². The fourth-order valence-corrected chi connectivity index (χ4v) is 3.54. The van der Waals surface area contributed by atoms with Crippen LogP contribution in [0, 0.1) is 12.8 Å². The number of aryl methyl sites for hydroxylation is 1. The van der Waals surface area contributed by atoms with Crippen molar-refractivity contribution in [2.75, 3.05) is 13.6 Å². The first-order valence-corrected chi connectivity index (χ1v) is 8.06. The van der Waals surface area contributed by atoms with E-state index in [9.17, 15) is 13.2 Å². The molecule has 0 saturated carbocycles. The quantitative estimate of drug-likeness (QED) is 0.818. The number of nitrogens with zero attached hydrogens (tertiary/aromatic N) is 1. The zero-order valence-electron chi connectivity index (χ0n) is 12.7. The van der Waals surface area contributed by atoms with Crippen molar-refractivity contribution in [1.29, 1.82) is 0 Å². The highest BCUT2D eigenvalue weighted by Gasteiger charge is 2.23. The van der Waals surface area contributed by atoms with Gasteiger partial charge in [0.05, 0.1) is 4.90 Å². The molecule has 5 nitrogen and oxygen atoms in total. The third-order valence-corrected chi connectivity index (χ3v) is 4.91. The summed E-state index contributed by atoms with van der Waals surface area (Å²) >= 11 is 0. The third-order valence-electron chi connectivity index (χ3n) is 2.94. The molecule has 0 saturated heterocycles. The summed E-state index contributed by atoms with van der Waals surface area (Å²) in [7, 11) is -2.02. The van der Waals surface area contributed by atoms with Crippen LogP contribution in [0.5, 0.6) is 0 Å². The van der Waals surface area contributed by atoms with Crippen LogP contribution in [0.2, 0.25) is 0 Å². The van der Waals surface area contributed by atoms with Crippen molar-refractivity contribution in [3.8, 4) is 0 Å². The molecule has 1 aromatic rings. The summed E-state index contributed by atoms with van der Waals surface area (Å²) in [5.41, 5.74) is 1.18. The second kappa shape index (κ2) is 6.87. The first-order valence-electron chi connectivity index (χ1n) is 6.62. The van der Waals surface area contributed by atoms with Gasteiger partial charge in [0.2, 0.25) is 10.0 Å². The van der Waals surface area contributed by atoms with Crippen LogP contribution in [-0.2, 0) is 14.8 Å². The highest BCUT2D eigenvalue weighted by atomic mass is 32.2. The molecule has 1 N–H and O–H groups in total. The number of carbonyl (C=O) groups is 1. The monoisotopic (exact) mass is 311 g/mol. The molecule has 0 aromatic heterocycles. The van der Waals surface area contributed by atoms with Crippen molar-refractivity contribution in [1.82, 2.24) is 4.31 Å². The zero-order valence-corrected chi connectivity index (χ0v) is 13.5. The van der Waals surface area contributed by atoms with Gasteiger partial charge in [-0.05, 0) is 36.1 Å². The number of aliphatic carboxylic acids is 1. The highest BCUT2D eigenvalue weighted by Crippen LogP contribution is 2.22. The molecule has 0 aliphatic rings. The minimum atomic E-state index is -3.57. The molecule has 21 heavy (non-hydrogen) atoms. The van der Waals surface area contributed by atoms with Gasteiger partial charge < -0.3 is 5.11 Å². The largest absolute Gasteiger partial charge is 0.478 e. The van der Waals surface area contributed by atoms with Crippen molar-refractivity contribution in [3.63, 3.8) is 0 Å². The van der Waals surface area contributed by atoms with Crippen LogP contribution in [0.4, 0.5) is 0 Å². The molecule has 0 spiro atoms. The maximum absolute atomic E-state index is 12.6. The summed E-state index contributed by atoms with van der Waals surface area (Å²) < 4.78 is 26.5. The van der Waals surface area contributed by atoms with Gasteiger partial charge in [0.1, 0.15) is 0 Å². The van der Waals surface area contributed by atoms with Gasteiger partial charge in [-0.2, -0.15) is 0 Å². The highest BCUT2D eigenvalue weighted by molar-refractivity contribution is 7.89. The topological polar surface area (TPSA) is 74.7 Å². The average molecular weight is 311 g/mol. The molecule has 0 bridgehead atoms. The lowest BCUT2D eigenvalue weighted by Gasteiger charge is -2.20. The fourth-order valence-electron chi connectivity index (χ4n) is 1.95. The Morgan fingerprint density at radius 1 is 1.38 bits per heavy atom. The lowest BCUT2D eigenvalue weighted by Crippen LogP contribution is -2.30. The minimum Gasteiger partial charge on any atom is -0.478 e. The van der Waals surface area contributed by atoms with E-state index in [1.807, 2.05) is 13.8 Å². The Morgan fingerprint density at radius 2 is 2.00 bits per heavy atom. The Hall–Kier alpha value is -1.66. The Morgan fingerprint density at radius 3 is 2.52 bits per heavy atom. The molecule has 0 amide bonds.